The maximum atomic E-state index is 10.7. The number of rotatable bonds is 1. The summed E-state index contributed by atoms with van der Waals surface area (Å²) in [6.07, 6.45) is 2.97. The Labute approximate surface area is 66.6 Å². The van der Waals surface area contributed by atoms with Gasteiger partial charge in [-0.15, -0.1) is 0 Å². The second kappa shape index (κ2) is 2.88. The number of hydrogen-bond acceptors (Lipinski definition) is 3. The van der Waals surface area contributed by atoms with Crippen LogP contribution < -0.4 is 0 Å². The molecule has 4 heteroatoms. The van der Waals surface area contributed by atoms with Gasteiger partial charge in [0.2, 0.25) is 0 Å². The maximum absolute atomic E-state index is 10.7. The van der Waals surface area contributed by atoms with E-state index in [1.807, 2.05) is 0 Å². The van der Waals surface area contributed by atoms with E-state index in [1.54, 1.807) is 0 Å². The van der Waals surface area contributed by atoms with Gasteiger partial charge < -0.3 is 0 Å². The normalized spacial score (nSPS) is 9.40. The van der Waals surface area contributed by atoms with Crippen molar-refractivity contribution in [3.8, 4) is 0 Å². The van der Waals surface area contributed by atoms with Gasteiger partial charge in [0.15, 0.2) is 5.78 Å². The van der Waals surface area contributed by atoms with Gasteiger partial charge in [-0.3, -0.25) is 9.78 Å². The van der Waals surface area contributed by atoms with Crippen LogP contribution in [0.3, 0.4) is 0 Å². The summed E-state index contributed by atoms with van der Waals surface area (Å²) < 4.78 is 0.584. The molecule has 0 saturated heterocycles. The Hall–Kier alpha value is -0.770. The van der Waals surface area contributed by atoms with Gasteiger partial charge in [-0.2, -0.15) is 0 Å². The molecule has 0 aliphatic rings. The molecule has 3 nitrogen and oxygen atoms in total. The highest BCUT2D eigenvalue weighted by atomic mass is 79.9. The minimum absolute atomic E-state index is 0.0752. The second-order valence-corrected chi connectivity index (χ2v) is 2.60. The molecule has 0 N–H and O–H groups in total. The van der Waals surface area contributed by atoms with E-state index in [4.69, 9.17) is 0 Å². The van der Waals surface area contributed by atoms with Crippen molar-refractivity contribution < 1.29 is 4.79 Å². The molecule has 0 radical (unpaired) electrons. The average molecular weight is 201 g/mol. The van der Waals surface area contributed by atoms with Gasteiger partial charge >= 0.3 is 0 Å². The highest BCUT2D eigenvalue weighted by molar-refractivity contribution is 9.10. The van der Waals surface area contributed by atoms with Gasteiger partial charge in [-0.1, -0.05) is 0 Å². The van der Waals surface area contributed by atoms with Crippen molar-refractivity contribution in [2.45, 2.75) is 6.92 Å². The fourth-order valence-corrected chi connectivity index (χ4v) is 0.821. The van der Waals surface area contributed by atoms with Crippen molar-refractivity contribution in [1.29, 1.82) is 0 Å². The second-order valence-electron chi connectivity index (χ2n) is 1.78. The number of halogens is 1. The number of ketones is 1. The minimum atomic E-state index is -0.0752. The largest absolute Gasteiger partial charge is 0.293 e. The molecule has 0 atom stereocenters. The van der Waals surface area contributed by atoms with Crippen molar-refractivity contribution in [2.24, 2.45) is 0 Å². The summed E-state index contributed by atoms with van der Waals surface area (Å²) in [5, 5.41) is 0. The highest BCUT2D eigenvalue weighted by Gasteiger charge is 1.99. The Morgan fingerprint density at radius 2 is 2.30 bits per heavy atom. The Morgan fingerprint density at radius 1 is 1.60 bits per heavy atom. The summed E-state index contributed by atoms with van der Waals surface area (Å²) >= 11 is 3.10. The first kappa shape index (κ1) is 7.34. The molecule has 10 heavy (non-hydrogen) atoms. The Balaban J connectivity index is 3.07. The number of nitrogens with zero attached hydrogens (tertiary/aromatic N) is 2. The monoisotopic (exact) mass is 200 g/mol. The molecule has 1 rings (SSSR count). The first-order valence-corrected chi connectivity index (χ1v) is 3.48. The van der Waals surface area contributed by atoms with Crippen molar-refractivity contribution in [3.05, 3.63) is 22.7 Å². The SMILES string of the molecule is CC(=O)c1cncc(Br)n1. The van der Waals surface area contributed by atoms with Gasteiger partial charge in [0, 0.05) is 6.92 Å². The van der Waals surface area contributed by atoms with E-state index in [-0.39, 0.29) is 5.78 Å². The minimum Gasteiger partial charge on any atom is -0.293 e. The van der Waals surface area contributed by atoms with Crippen molar-refractivity contribution in [2.75, 3.05) is 0 Å². The van der Waals surface area contributed by atoms with Gasteiger partial charge in [-0.05, 0) is 15.9 Å². The van der Waals surface area contributed by atoms with E-state index in [0.717, 1.165) is 0 Å². The van der Waals surface area contributed by atoms with Gasteiger partial charge in [-0.25, -0.2) is 4.98 Å². The molecule has 0 bridgehead atoms. The van der Waals surface area contributed by atoms with E-state index in [0.29, 0.717) is 10.3 Å². The molecule has 0 aliphatic heterocycles. The van der Waals surface area contributed by atoms with E-state index in [2.05, 4.69) is 25.9 Å². The van der Waals surface area contributed by atoms with Crippen LogP contribution in [0.5, 0.6) is 0 Å². The van der Waals surface area contributed by atoms with Crippen molar-refractivity contribution >= 4 is 21.7 Å². The summed E-state index contributed by atoms with van der Waals surface area (Å²) in [5.41, 5.74) is 0.384. The lowest BCUT2D eigenvalue weighted by atomic mass is 10.3. The summed E-state index contributed by atoms with van der Waals surface area (Å²) in [4.78, 5) is 18.3. The molecule has 0 aromatic carbocycles. The van der Waals surface area contributed by atoms with E-state index in [9.17, 15) is 4.79 Å². The van der Waals surface area contributed by atoms with Crippen LogP contribution in [0, 0.1) is 0 Å². The van der Waals surface area contributed by atoms with Crippen LogP contribution in [-0.2, 0) is 0 Å². The molecule has 0 fully saturated rings. The molecule has 0 amide bonds. The maximum Gasteiger partial charge on any atom is 0.179 e. The number of hydrogen-bond donors (Lipinski definition) is 0. The topological polar surface area (TPSA) is 42.9 Å². The van der Waals surface area contributed by atoms with Crippen LogP contribution in [-0.4, -0.2) is 15.8 Å². The highest BCUT2D eigenvalue weighted by Crippen LogP contribution is 2.03. The summed E-state index contributed by atoms with van der Waals surface area (Å²) in [6.45, 7) is 1.45. The van der Waals surface area contributed by atoms with E-state index in [1.165, 1.54) is 19.3 Å². The third kappa shape index (κ3) is 1.60. The zero-order valence-corrected chi connectivity index (χ0v) is 6.92. The van der Waals surface area contributed by atoms with Crippen LogP contribution >= 0.6 is 15.9 Å². The summed E-state index contributed by atoms with van der Waals surface area (Å²) in [7, 11) is 0. The summed E-state index contributed by atoms with van der Waals surface area (Å²) in [5.74, 6) is -0.0752. The van der Waals surface area contributed by atoms with Crippen molar-refractivity contribution in [3.63, 3.8) is 0 Å². The van der Waals surface area contributed by atoms with Crippen LogP contribution in [0.25, 0.3) is 0 Å². The fraction of sp³-hybridized carbons (Fsp3) is 0.167. The average Bonchev–Trinajstić information content (AvgIpc) is 1.88. The van der Waals surface area contributed by atoms with Crippen LogP contribution in [0.2, 0.25) is 0 Å². The van der Waals surface area contributed by atoms with Crippen molar-refractivity contribution in [1.82, 2.24) is 9.97 Å². The summed E-state index contributed by atoms with van der Waals surface area (Å²) in [6, 6.07) is 0. The molecule has 1 aromatic rings. The van der Waals surface area contributed by atoms with Crippen LogP contribution in [0.4, 0.5) is 0 Å². The fourth-order valence-electron chi connectivity index (χ4n) is 0.512. The molecule has 0 aliphatic carbocycles. The molecule has 0 spiro atoms. The van der Waals surface area contributed by atoms with Gasteiger partial charge in [0.1, 0.15) is 10.3 Å². The number of Topliss-reactive ketones (excluding diaryl/α,β-unsaturated/α-hetero) is 1. The van der Waals surface area contributed by atoms with Gasteiger partial charge in [0.25, 0.3) is 0 Å². The molecule has 0 unspecified atom stereocenters. The Bertz CT molecular complexity index is 262. The predicted molar refractivity (Wildman–Crippen MR) is 39.7 cm³/mol. The quantitative estimate of drug-likeness (QED) is 0.645. The van der Waals surface area contributed by atoms with E-state index < -0.39 is 0 Å². The van der Waals surface area contributed by atoms with Gasteiger partial charge in [0.05, 0.1) is 12.4 Å². The zero-order chi connectivity index (χ0) is 7.56. The lowest BCUT2D eigenvalue weighted by molar-refractivity contribution is 0.101. The lowest BCUT2D eigenvalue weighted by Gasteiger charge is -1.91. The molecule has 1 heterocycles. The number of aromatic nitrogens is 2. The number of carbonyl (C=O) groups excluding carboxylic acids is 1. The third-order valence-electron chi connectivity index (χ3n) is 0.966. The number of carbonyl (C=O) groups is 1. The predicted octanol–water partition coefficient (Wildman–Crippen LogP) is 1.44. The first-order valence-electron chi connectivity index (χ1n) is 2.68. The molecular weight excluding hydrogens is 196 g/mol. The lowest BCUT2D eigenvalue weighted by Crippen LogP contribution is -1.96. The standard InChI is InChI=1S/C6H5BrN2O/c1-4(10)5-2-8-3-6(7)9-5/h2-3H,1H3. The molecule has 0 saturated carbocycles. The molecule has 52 valence electrons. The van der Waals surface area contributed by atoms with Crippen LogP contribution in [0.15, 0.2) is 17.0 Å². The first-order chi connectivity index (χ1) is 4.70. The van der Waals surface area contributed by atoms with E-state index >= 15 is 0 Å². The zero-order valence-electron chi connectivity index (χ0n) is 5.34. The Morgan fingerprint density at radius 3 is 2.70 bits per heavy atom. The smallest absolute Gasteiger partial charge is 0.179 e. The molecular formula is C6H5BrN2O. The Kier molecular flexibility index (Phi) is 2.11. The van der Waals surface area contributed by atoms with Crippen LogP contribution in [0.1, 0.15) is 17.4 Å². The molecule has 1 aromatic heterocycles. The third-order valence-corrected chi connectivity index (χ3v) is 1.35.